The van der Waals surface area contributed by atoms with Crippen molar-refractivity contribution >= 4 is 11.6 Å². The van der Waals surface area contributed by atoms with Gasteiger partial charge in [0, 0.05) is 5.56 Å². The van der Waals surface area contributed by atoms with E-state index in [1.807, 2.05) is 36.4 Å². The third-order valence-corrected chi connectivity index (χ3v) is 3.44. The lowest BCUT2D eigenvalue weighted by Gasteiger charge is -2.20. The van der Waals surface area contributed by atoms with Gasteiger partial charge in [-0.15, -0.1) is 0 Å². The first-order chi connectivity index (χ1) is 9.71. The highest BCUT2D eigenvalue weighted by atomic mass is 35.5. The molecule has 2 rings (SSSR count). The van der Waals surface area contributed by atoms with E-state index >= 15 is 0 Å². The van der Waals surface area contributed by atoms with E-state index in [2.05, 4.69) is 5.43 Å². The molecule has 3 N–H and O–H groups in total. The molecule has 0 saturated carbocycles. The molecule has 0 radical (unpaired) electrons. The van der Waals surface area contributed by atoms with Crippen LogP contribution >= 0.6 is 11.6 Å². The van der Waals surface area contributed by atoms with Crippen LogP contribution in [0.25, 0.3) is 0 Å². The molecule has 0 amide bonds. The third kappa shape index (κ3) is 2.88. The van der Waals surface area contributed by atoms with E-state index in [1.165, 1.54) is 0 Å². The number of nitrogens with one attached hydrogen (secondary N) is 1. The normalized spacial score (nSPS) is 12.0. The van der Waals surface area contributed by atoms with Gasteiger partial charge < -0.3 is 9.47 Å². The van der Waals surface area contributed by atoms with Crippen molar-refractivity contribution in [2.24, 2.45) is 5.84 Å². The van der Waals surface area contributed by atoms with E-state index in [4.69, 9.17) is 26.9 Å². The van der Waals surface area contributed by atoms with Crippen molar-refractivity contribution in [2.45, 2.75) is 6.04 Å². The summed E-state index contributed by atoms with van der Waals surface area (Å²) >= 11 is 6.05. The van der Waals surface area contributed by atoms with Crippen LogP contribution in [0, 0.1) is 0 Å². The molecule has 4 nitrogen and oxygen atoms in total. The minimum absolute atomic E-state index is 0.211. The van der Waals surface area contributed by atoms with Gasteiger partial charge in [0.1, 0.15) is 11.5 Å². The average Bonchev–Trinajstić information content (AvgIpc) is 2.50. The lowest BCUT2D eigenvalue weighted by Crippen LogP contribution is -2.29. The number of para-hydroxylation sites is 1. The summed E-state index contributed by atoms with van der Waals surface area (Å²) in [7, 11) is 3.22. The van der Waals surface area contributed by atoms with Crippen molar-refractivity contribution in [1.29, 1.82) is 0 Å². The molecule has 1 atom stereocenters. The number of methoxy groups -OCH3 is 2. The van der Waals surface area contributed by atoms with E-state index in [0.29, 0.717) is 10.8 Å². The van der Waals surface area contributed by atoms with Crippen molar-refractivity contribution in [1.82, 2.24) is 5.43 Å². The lowest BCUT2D eigenvalue weighted by atomic mass is 9.98. The fourth-order valence-electron chi connectivity index (χ4n) is 2.13. The van der Waals surface area contributed by atoms with Crippen LogP contribution in [0.3, 0.4) is 0 Å². The van der Waals surface area contributed by atoms with E-state index in [0.717, 1.165) is 16.9 Å². The van der Waals surface area contributed by atoms with Gasteiger partial charge in [-0.05, 0) is 23.8 Å². The highest BCUT2D eigenvalue weighted by Crippen LogP contribution is 2.33. The molecule has 0 bridgehead atoms. The molecular weight excluding hydrogens is 276 g/mol. The number of ether oxygens (including phenoxy) is 2. The maximum Gasteiger partial charge on any atom is 0.137 e. The summed E-state index contributed by atoms with van der Waals surface area (Å²) in [6.45, 7) is 0. The van der Waals surface area contributed by atoms with Crippen molar-refractivity contribution in [3.8, 4) is 11.5 Å². The van der Waals surface area contributed by atoms with E-state index in [9.17, 15) is 0 Å². The fourth-order valence-corrected chi connectivity index (χ4v) is 2.32. The van der Waals surface area contributed by atoms with E-state index in [-0.39, 0.29) is 6.04 Å². The van der Waals surface area contributed by atoms with Gasteiger partial charge in [-0.2, -0.15) is 0 Å². The van der Waals surface area contributed by atoms with Gasteiger partial charge in [0.15, 0.2) is 0 Å². The van der Waals surface area contributed by atoms with Gasteiger partial charge in [0.05, 0.1) is 25.3 Å². The standard InChI is InChI=1S/C15H17ClN2O2/c1-19-13-6-4-3-5-11(13)15(18-17)10-7-8-12(16)14(9-10)20-2/h3-9,15,18H,17H2,1-2H3. The van der Waals surface area contributed by atoms with Crippen LogP contribution < -0.4 is 20.7 Å². The summed E-state index contributed by atoms with van der Waals surface area (Å²) in [5, 5.41) is 0.562. The predicted molar refractivity (Wildman–Crippen MR) is 80.2 cm³/mol. The van der Waals surface area contributed by atoms with Gasteiger partial charge in [-0.25, -0.2) is 5.43 Å². The van der Waals surface area contributed by atoms with Crippen LogP contribution in [-0.2, 0) is 0 Å². The Labute approximate surface area is 123 Å². The summed E-state index contributed by atoms with van der Waals surface area (Å²) < 4.78 is 10.6. The first-order valence-electron chi connectivity index (χ1n) is 6.13. The molecular formula is C15H17ClN2O2. The Morgan fingerprint density at radius 2 is 1.75 bits per heavy atom. The van der Waals surface area contributed by atoms with Gasteiger partial charge in [0.2, 0.25) is 0 Å². The second-order valence-electron chi connectivity index (χ2n) is 4.24. The predicted octanol–water partition coefficient (Wildman–Crippen LogP) is 2.91. The van der Waals surface area contributed by atoms with E-state index < -0.39 is 0 Å². The van der Waals surface area contributed by atoms with E-state index in [1.54, 1.807) is 20.3 Å². The zero-order valence-corrected chi connectivity index (χ0v) is 12.1. The second kappa shape index (κ2) is 6.61. The van der Waals surface area contributed by atoms with Crippen molar-refractivity contribution < 1.29 is 9.47 Å². The summed E-state index contributed by atoms with van der Waals surface area (Å²) in [4.78, 5) is 0. The topological polar surface area (TPSA) is 56.5 Å². The van der Waals surface area contributed by atoms with Crippen LogP contribution in [0.4, 0.5) is 0 Å². The molecule has 0 aromatic heterocycles. The molecule has 0 fully saturated rings. The minimum Gasteiger partial charge on any atom is -0.496 e. The molecule has 0 aliphatic rings. The largest absolute Gasteiger partial charge is 0.496 e. The van der Waals surface area contributed by atoms with Crippen LogP contribution in [-0.4, -0.2) is 14.2 Å². The molecule has 2 aromatic carbocycles. The summed E-state index contributed by atoms with van der Waals surface area (Å²) in [5.74, 6) is 7.09. The number of hydrazine groups is 1. The maximum absolute atomic E-state index is 6.05. The SMILES string of the molecule is COc1cc(C(NN)c2ccccc2OC)ccc1Cl. The monoisotopic (exact) mass is 292 g/mol. The first-order valence-corrected chi connectivity index (χ1v) is 6.51. The molecule has 0 spiro atoms. The molecule has 106 valence electrons. The fraction of sp³-hybridized carbons (Fsp3) is 0.200. The number of nitrogens with two attached hydrogens (primary N) is 1. The Kier molecular flexibility index (Phi) is 4.84. The number of hydrogen-bond donors (Lipinski definition) is 2. The van der Waals surface area contributed by atoms with Crippen LogP contribution in [0.2, 0.25) is 5.02 Å². The molecule has 0 heterocycles. The number of hydrogen-bond acceptors (Lipinski definition) is 4. The lowest BCUT2D eigenvalue weighted by molar-refractivity contribution is 0.403. The maximum atomic E-state index is 6.05. The zero-order valence-electron chi connectivity index (χ0n) is 11.4. The highest BCUT2D eigenvalue weighted by Gasteiger charge is 2.17. The first kappa shape index (κ1) is 14.7. The average molecular weight is 293 g/mol. The van der Waals surface area contributed by atoms with Crippen LogP contribution in [0.5, 0.6) is 11.5 Å². The molecule has 1 unspecified atom stereocenters. The second-order valence-corrected chi connectivity index (χ2v) is 4.64. The molecule has 5 heteroatoms. The third-order valence-electron chi connectivity index (χ3n) is 3.13. The van der Waals surface area contributed by atoms with Gasteiger partial charge in [-0.1, -0.05) is 35.9 Å². The van der Waals surface area contributed by atoms with Crippen LogP contribution in [0.15, 0.2) is 42.5 Å². The minimum atomic E-state index is -0.211. The molecule has 0 aliphatic carbocycles. The smallest absolute Gasteiger partial charge is 0.137 e. The Balaban J connectivity index is 2.47. The zero-order chi connectivity index (χ0) is 14.5. The van der Waals surface area contributed by atoms with Gasteiger partial charge in [-0.3, -0.25) is 5.84 Å². The molecule has 0 saturated heterocycles. The highest BCUT2D eigenvalue weighted by molar-refractivity contribution is 6.32. The van der Waals surface area contributed by atoms with Gasteiger partial charge >= 0.3 is 0 Å². The number of rotatable bonds is 5. The Morgan fingerprint density at radius 1 is 1.05 bits per heavy atom. The summed E-state index contributed by atoms with van der Waals surface area (Å²) in [6.07, 6.45) is 0. The Bertz CT molecular complexity index is 590. The quantitative estimate of drug-likeness (QED) is 0.657. The number of halogens is 1. The van der Waals surface area contributed by atoms with Crippen molar-refractivity contribution in [2.75, 3.05) is 14.2 Å². The van der Waals surface area contributed by atoms with Crippen LogP contribution in [0.1, 0.15) is 17.2 Å². The Hall–Kier alpha value is -1.75. The number of benzene rings is 2. The summed E-state index contributed by atoms with van der Waals surface area (Å²) in [5.41, 5.74) is 4.69. The Morgan fingerprint density at radius 3 is 2.40 bits per heavy atom. The molecule has 20 heavy (non-hydrogen) atoms. The van der Waals surface area contributed by atoms with Gasteiger partial charge in [0.25, 0.3) is 0 Å². The summed E-state index contributed by atoms with van der Waals surface area (Å²) in [6, 6.07) is 13.1. The van der Waals surface area contributed by atoms with Crippen molar-refractivity contribution in [3.63, 3.8) is 0 Å². The molecule has 2 aromatic rings. The molecule has 0 aliphatic heterocycles. The van der Waals surface area contributed by atoms with Crippen molar-refractivity contribution in [3.05, 3.63) is 58.6 Å².